The summed E-state index contributed by atoms with van der Waals surface area (Å²) in [7, 11) is 0. The minimum atomic E-state index is 0.635. The van der Waals surface area contributed by atoms with Crippen LogP contribution in [0.1, 0.15) is 20.3 Å². The predicted molar refractivity (Wildman–Crippen MR) is 44.5 cm³/mol. The van der Waals surface area contributed by atoms with E-state index < -0.39 is 0 Å². The van der Waals surface area contributed by atoms with Crippen molar-refractivity contribution in [2.75, 3.05) is 0 Å². The Labute approximate surface area is 61.4 Å². The fourth-order valence-corrected chi connectivity index (χ4v) is 0.889. The fraction of sp³-hybridized carbons (Fsp3) is 0.500. The second-order valence-electron chi connectivity index (χ2n) is 2.88. The van der Waals surface area contributed by atoms with E-state index in [0.717, 1.165) is 12.1 Å². The van der Waals surface area contributed by atoms with Crippen LogP contribution in [-0.4, -0.2) is 11.9 Å². The molecule has 54 valence electrons. The summed E-state index contributed by atoms with van der Waals surface area (Å²) in [5.74, 6) is 1.28. The Hall–Kier alpha value is -0.920. The molecule has 0 unspecified atom stereocenters. The molecule has 0 saturated carbocycles. The Kier molecular flexibility index (Phi) is 2.00. The summed E-state index contributed by atoms with van der Waals surface area (Å²) in [4.78, 5) is 8.08. The molecular weight excluding hydrogens is 124 g/mol. The molecule has 0 aromatic carbocycles. The lowest BCUT2D eigenvalue weighted by atomic mass is 10.1. The molecule has 0 amide bonds. The molecule has 1 aliphatic heterocycles. The third-order valence-corrected chi connectivity index (χ3v) is 1.25. The highest BCUT2D eigenvalue weighted by Gasteiger charge is 2.04. The molecule has 0 bridgehead atoms. The Morgan fingerprint density at radius 2 is 2.30 bits per heavy atom. The van der Waals surface area contributed by atoms with Gasteiger partial charge < -0.3 is 0 Å². The first-order valence-corrected chi connectivity index (χ1v) is 3.49. The standard InChI is InChI=1S/C8H12N2/c1-6(2)4-8-5-9-7(3)10-8/h5-6H,3-4H2,1-2H3. The third kappa shape index (κ3) is 1.79. The molecule has 0 N–H and O–H groups in total. The van der Waals surface area contributed by atoms with Crippen LogP contribution in [-0.2, 0) is 0 Å². The summed E-state index contributed by atoms with van der Waals surface area (Å²) >= 11 is 0. The first-order chi connectivity index (χ1) is 4.68. The summed E-state index contributed by atoms with van der Waals surface area (Å²) in [6.45, 7) is 7.95. The van der Waals surface area contributed by atoms with Crippen molar-refractivity contribution >= 4 is 11.9 Å². The second-order valence-corrected chi connectivity index (χ2v) is 2.88. The van der Waals surface area contributed by atoms with Crippen molar-refractivity contribution in [2.24, 2.45) is 15.9 Å². The molecule has 10 heavy (non-hydrogen) atoms. The minimum absolute atomic E-state index is 0.635. The van der Waals surface area contributed by atoms with Gasteiger partial charge >= 0.3 is 0 Å². The van der Waals surface area contributed by atoms with Crippen molar-refractivity contribution in [3.63, 3.8) is 0 Å². The van der Waals surface area contributed by atoms with Gasteiger partial charge in [0.2, 0.25) is 0 Å². The van der Waals surface area contributed by atoms with Crippen LogP contribution in [0.4, 0.5) is 0 Å². The molecule has 0 aromatic heterocycles. The van der Waals surface area contributed by atoms with E-state index in [9.17, 15) is 0 Å². The highest BCUT2D eigenvalue weighted by Crippen LogP contribution is 2.08. The molecule has 0 atom stereocenters. The van der Waals surface area contributed by atoms with Crippen LogP contribution in [0.3, 0.4) is 0 Å². The van der Waals surface area contributed by atoms with Gasteiger partial charge in [0.05, 0.1) is 11.9 Å². The number of rotatable bonds is 2. The SMILES string of the molecule is C=C1N=CC(CC(C)C)=N1. The van der Waals surface area contributed by atoms with Crippen molar-refractivity contribution in [2.45, 2.75) is 20.3 Å². The van der Waals surface area contributed by atoms with Crippen molar-refractivity contribution in [1.29, 1.82) is 0 Å². The van der Waals surface area contributed by atoms with Crippen LogP contribution < -0.4 is 0 Å². The molecule has 2 nitrogen and oxygen atoms in total. The smallest absolute Gasteiger partial charge is 0.145 e. The Bertz CT molecular complexity index is 199. The van der Waals surface area contributed by atoms with E-state index in [1.165, 1.54) is 0 Å². The van der Waals surface area contributed by atoms with E-state index in [2.05, 4.69) is 30.4 Å². The quantitative estimate of drug-likeness (QED) is 0.555. The third-order valence-electron chi connectivity index (χ3n) is 1.25. The lowest BCUT2D eigenvalue weighted by Gasteiger charge is -1.98. The number of aliphatic imine (C=N–C) groups is 2. The summed E-state index contributed by atoms with van der Waals surface area (Å²) in [5.41, 5.74) is 1.06. The zero-order valence-corrected chi connectivity index (χ0v) is 6.46. The van der Waals surface area contributed by atoms with Gasteiger partial charge in [-0.1, -0.05) is 20.4 Å². The Balaban J connectivity index is 2.52. The van der Waals surface area contributed by atoms with Crippen LogP contribution >= 0.6 is 0 Å². The van der Waals surface area contributed by atoms with Crippen molar-refractivity contribution < 1.29 is 0 Å². The molecule has 1 aliphatic rings. The van der Waals surface area contributed by atoms with Gasteiger partial charge in [-0.25, -0.2) is 9.98 Å². The molecule has 0 aromatic rings. The summed E-state index contributed by atoms with van der Waals surface area (Å²) in [6, 6.07) is 0. The van der Waals surface area contributed by atoms with E-state index in [4.69, 9.17) is 0 Å². The normalized spacial score (nSPS) is 16.7. The van der Waals surface area contributed by atoms with Crippen LogP contribution in [0.5, 0.6) is 0 Å². The maximum atomic E-state index is 4.13. The molecule has 1 heterocycles. The first-order valence-electron chi connectivity index (χ1n) is 3.49. The van der Waals surface area contributed by atoms with Crippen molar-refractivity contribution in [3.8, 4) is 0 Å². The lowest BCUT2D eigenvalue weighted by Crippen LogP contribution is -2.00. The van der Waals surface area contributed by atoms with Gasteiger partial charge in [-0.05, 0) is 12.3 Å². The molecular formula is C8H12N2. The zero-order chi connectivity index (χ0) is 7.56. The van der Waals surface area contributed by atoms with Crippen LogP contribution in [0.25, 0.3) is 0 Å². The average Bonchev–Trinajstić information content (AvgIpc) is 2.13. The molecule has 0 saturated heterocycles. The van der Waals surface area contributed by atoms with E-state index in [1.807, 2.05) is 0 Å². The maximum Gasteiger partial charge on any atom is 0.145 e. The van der Waals surface area contributed by atoms with Gasteiger partial charge in [0.15, 0.2) is 0 Å². The van der Waals surface area contributed by atoms with Gasteiger partial charge in [0, 0.05) is 0 Å². The first kappa shape index (κ1) is 7.19. The summed E-state index contributed by atoms with van der Waals surface area (Å²) < 4.78 is 0. The number of hydrogen-bond acceptors (Lipinski definition) is 2. The molecule has 0 spiro atoms. The highest BCUT2D eigenvalue weighted by atomic mass is 15.0. The van der Waals surface area contributed by atoms with Gasteiger partial charge in [-0.2, -0.15) is 0 Å². The zero-order valence-electron chi connectivity index (χ0n) is 6.46. The topological polar surface area (TPSA) is 24.7 Å². The van der Waals surface area contributed by atoms with E-state index in [1.54, 1.807) is 6.21 Å². The highest BCUT2D eigenvalue weighted by molar-refractivity contribution is 6.32. The minimum Gasteiger partial charge on any atom is -0.236 e. The predicted octanol–water partition coefficient (Wildman–Crippen LogP) is 2.03. The van der Waals surface area contributed by atoms with Crippen molar-refractivity contribution in [1.82, 2.24) is 0 Å². The summed E-state index contributed by atoms with van der Waals surface area (Å²) in [6.07, 6.45) is 2.80. The van der Waals surface area contributed by atoms with Crippen molar-refractivity contribution in [3.05, 3.63) is 12.4 Å². The van der Waals surface area contributed by atoms with Crippen LogP contribution in [0.2, 0.25) is 0 Å². The van der Waals surface area contributed by atoms with Gasteiger partial charge in [-0.15, -0.1) is 0 Å². The van der Waals surface area contributed by atoms with Crippen LogP contribution in [0, 0.1) is 5.92 Å². The maximum absolute atomic E-state index is 4.13. The number of hydrogen-bond donors (Lipinski definition) is 0. The van der Waals surface area contributed by atoms with E-state index in [-0.39, 0.29) is 0 Å². The summed E-state index contributed by atoms with van der Waals surface area (Å²) in [5, 5.41) is 0. The number of nitrogens with zero attached hydrogens (tertiary/aromatic N) is 2. The fourth-order valence-electron chi connectivity index (χ4n) is 0.889. The van der Waals surface area contributed by atoms with Gasteiger partial charge in [0.1, 0.15) is 5.82 Å². The molecule has 0 fully saturated rings. The lowest BCUT2D eigenvalue weighted by molar-refractivity contribution is 0.687. The van der Waals surface area contributed by atoms with Gasteiger partial charge in [0.25, 0.3) is 0 Å². The molecule has 1 rings (SSSR count). The molecule has 0 radical (unpaired) electrons. The molecule has 0 aliphatic carbocycles. The van der Waals surface area contributed by atoms with Gasteiger partial charge in [-0.3, -0.25) is 0 Å². The largest absolute Gasteiger partial charge is 0.236 e. The van der Waals surface area contributed by atoms with E-state index in [0.29, 0.717) is 11.7 Å². The van der Waals surface area contributed by atoms with Crippen LogP contribution in [0.15, 0.2) is 22.4 Å². The Morgan fingerprint density at radius 1 is 1.60 bits per heavy atom. The average molecular weight is 136 g/mol. The Morgan fingerprint density at radius 3 is 2.70 bits per heavy atom. The monoisotopic (exact) mass is 136 g/mol. The second kappa shape index (κ2) is 2.78. The van der Waals surface area contributed by atoms with E-state index >= 15 is 0 Å². The molecule has 2 heteroatoms.